The van der Waals surface area contributed by atoms with Gasteiger partial charge in [0, 0.05) is 23.9 Å². The molecule has 7 heteroatoms. The van der Waals surface area contributed by atoms with E-state index >= 15 is 0 Å². The molecule has 2 N–H and O–H groups in total. The number of fused-ring (bicyclic) bond motifs is 1. The Balaban J connectivity index is 1.57. The van der Waals surface area contributed by atoms with Gasteiger partial charge in [-0.2, -0.15) is 0 Å². The lowest BCUT2D eigenvalue weighted by molar-refractivity contribution is 0.104. The second kappa shape index (κ2) is 8.67. The molecule has 0 aliphatic heterocycles. The Morgan fingerprint density at radius 1 is 1.14 bits per heavy atom. The maximum absolute atomic E-state index is 12.3. The van der Waals surface area contributed by atoms with Gasteiger partial charge < -0.3 is 19.9 Å². The molecule has 144 valence electrons. The molecule has 0 atom stereocenters. The molecule has 0 amide bonds. The second-order valence-electron chi connectivity index (χ2n) is 6.07. The number of ether oxygens (including phenoxy) is 2. The van der Waals surface area contributed by atoms with Gasteiger partial charge in [0.05, 0.1) is 19.8 Å². The number of hydrogen-bond donors (Lipinski definition) is 2. The van der Waals surface area contributed by atoms with Crippen molar-refractivity contribution in [3.8, 4) is 11.5 Å². The highest BCUT2D eigenvalue weighted by atomic mass is 32.1. The lowest BCUT2D eigenvalue weighted by atomic mass is 10.1. The Morgan fingerprint density at radius 3 is 2.54 bits per heavy atom. The van der Waals surface area contributed by atoms with E-state index in [0.717, 1.165) is 5.56 Å². The molecule has 1 aliphatic carbocycles. The molecule has 28 heavy (non-hydrogen) atoms. The monoisotopic (exact) mass is 396 g/mol. The zero-order valence-corrected chi connectivity index (χ0v) is 16.4. The highest BCUT2D eigenvalue weighted by Gasteiger charge is 2.27. The zero-order chi connectivity index (χ0) is 20.1. The van der Waals surface area contributed by atoms with Gasteiger partial charge in [0.1, 0.15) is 5.76 Å². The van der Waals surface area contributed by atoms with E-state index in [0.29, 0.717) is 35.6 Å². The minimum atomic E-state index is -0.259. The van der Waals surface area contributed by atoms with Crippen LogP contribution in [0.5, 0.6) is 11.5 Å². The van der Waals surface area contributed by atoms with Crippen molar-refractivity contribution < 1.29 is 19.4 Å². The fraction of sp³-hybridized carbons (Fsp3) is 0.190. The third kappa shape index (κ3) is 4.04. The Labute approximate surface area is 168 Å². The standard InChI is InChI=1S/C21H20N2O4S/c1-26-17-8-7-13(11-18(17)27-2)9-10-22-21(28)23-12-16-19(24)14-5-3-4-6-15(14)20(16)25/h3-8,11-12,24H,9-10H2,1-2H3,(H,22,28). The second-order valence-corrected chi connectivity index (χ2v) is 6.45. The van der Waals surface area contributed by atoms with E-state index < -0.39 is 0 Å². The van der Waals surface area contributed by atoms with E-state index in [4.69, 9.17) is 21.7 Å². The highest BCUT2D eigenvalue weighted by molar-refractivity contribution is 7.80. The molecule has 2 aromatic carbocycles. The van der Waals surface area contributed by atoms with E-state index in [1.807, 2.05) is 18.2 Å². The average molecular weight is 396 g/mol. The van der Waals surface area contributed by atoms with Gasteiger partial charge in [0.15, 0.2) is 22.4 Å². The van der Waals surface area contributed by atoms with Crippen LogP contribution in [0.2, 0.25) is 0 Å². The summed E-state index contributed by atoms with van der Waals surface area (Å²) in [6, 6.07) is 12.6. The molecule has 0 saturated carbocycles. The van der Waals surface area contributed by atoms with Crippen molar-refractivity contribution in [3.05, 3.63) is 64.7 Å². The van der Waals surface area contributed by atoms with Crippen molar-refractivity contribution >= 4 is 35.1 Å². The molecule has 0 spiro atoms. The van der Waals surface area contributed by atoms with Gasteiger partial charge >= 0.3 is 0 Å². The molecule has 2 aromatic rings. The average Bonchev–Trinajstić information content (AvgIpc) is 2.96. The van der Waals surface area contributed by atoms with Gasteiger partial charge in [-0.1, -0.05) is 30.3 Å². The molecule has 6 nitrogen and oxygen atoms in total. The topological polar surface area (TPSA) is 80.1 Å². The quantitative estimate of drug-likeness (QED) is 0.576. The predicted molar refractivity (Wildman–Crippen MR) is 113 cm³/mol. The minimum absolute atomic E-state index is 0.0718. The first kappa shape index (κ1) is 19.6. The number of allylic oxidation sites excluding steroid dienone is 1. The maximum Gasteiger partial charge on any atom is 0.199 e. The minimum Gasteiger partial charge on any atom is -0.506 e. The maximum atomic E-state index is 12.3. The summed E-state index contributed by atoms with van der Waals surface area (Å²) in [5, 5.41) is 13.5. The normalized spacial score (nSPS) is 13.0. The molecule has 1 aliphatic rings. The molecule has 3 rings (SSSR count). The summed E-state index contributed by atoms with van der Waals surface area (Å²) >= 11 is 5.19. The first-order valence-corrected chi connectivity index (χ1v) is 9.06. The summed E-state index contributed by atoms with van der Waals surface area (Å²) in [5.41, 5.74) is 2.18. The van der Waals surface area contributed by atoms with Gasteiger partial charge in [-0.25, -0.2) is 4.99 Å². The number of aliphatic hydroxyl groups is 1. The predicted octanol–water partition coefficient (Wildman–Crippen LogP) is 3.36. The molecule has 0 radical (unpaired) electrons. The van der Waals surface area contributed by atoms with Gasteiger partial charge in [-0.15, -0.1) is 0 Å². The molecule has 0 unspecified atom stereocenters. The molecular weight excluding hydrogens is 376 g/mol. The number of Topliss-reactive ketones (excluding diaryl/α,β-unsaturated/α-hetero) is 1. The van der Waals surface area contributed by atoms with Crippen LogP contribution in [-0.4, -0.2) is 43.0 Å². The van der Waals surface area contributed by atoms with Gasteiger partial charge in [-0.3, -0.25) is 4.79 Å². The number of methoxy groups -OCH3 is 2. The van der Waals surface area contributed by atoms with Crippen LogP contribution in [0.15, 0.2) is 53.0 Å². The first-order valence-electron chi connectivity index (χ1n) is 8.65. The number of rotatable bonds is 6. The molecule has 0 bridgehead atoms. The third-order valence-electron chi connectivity index (χ3n) is 4.38. The van der Waals surface area contributed by atoms with E-state index in [1.54, 1.807) is 38.5 Å². The van der Waals surface area contributed by atoms with Crippen molar-refractivity contribution in [1.29, 1.82) is 0 Å². The SMILES string of the molecule is COc1ccc(CCNC(=S)N=CC2=C(O)c3ccccc3C2=O)cc1OC. The van der Waals surface area contributed by atoms with Gasteiger partial charge in [0.25, 0.3) is 0 Å². The van der Waals surface area contributed by atoms with E-state index in [-0.39, 0.29) is 22.2 Å². The summed E-state index contributed by atoms with van der Waals surface area (Å²) in [7, 11) is 3.19. The number of ketones is 1. The van der Waals surface area contributed by atoms with Crippen LogP contribution in [0.3, 0.4) is 0 Å². The Morgan fingerprint density at radius 2 is 1.86 bits per heavy atom. The van der Waals surface area contributed by atoms with Crippen LogP contribution in [-0.2, 0) is 6.42 Å². The van der Waals surface area contributed by atoms with Crippen LogP contribution < -0.4 is 14.8 Å². The number of thiocarbonyl (C=S) groups is 1. The number of aliphatic imine (C=N–C) groups is 1. The highest BCUT2D eigenvalue weighted by Crippen LogP contribution is 2.30. The van der Waals surface area contributed by atoms with Crippen molar-refractivity contribution in [2.45, 2.75) is 6.42 Å². The van der Waals surface area contributed by atoms with Crippen LogP contribution in [0.25, 0.3) is 5.76 Å². The Kier molecular flexibility index (Phi) is 6.06. The fourth-order valence-corrected chi connectivity index (χ4v) is 3.08. The lowest BCUT2D eigenvalue weighted by Crippen LogP contribution is -2.22. The number of carbonyl (C=O) groups is 1. The first-order chi connectivity index (χ1) is 13.5. The number of nitrogens with zero attached hydrogens (tertiary/aromatic N) is 1. The van der Waals surface area contributed by atoms with E-state index in [1.165, 1.54) is 6.21 Å². The van der Waals surface area contributed by atoms with Gasteiger partial charge in [-0.05, 0) is 36.3 Å². The smallest absolute Gasteiger partial charge is 0.199 e. The lowest BCUT2D eigenvalue weighted by Gasteiger charge is -2.10. The summed E-state index contributed by atoms with van der Waals surface area (Å²) in [6.45, 7) is 0.560. The van der Waals surface area contributed by atoms with Crippen molar-refractivity contribution in [2.75, 3.05) is 20.8 Å². The van der Waals surface area contributed by atoms with Crippen LogP contribution in [0, 0.1) is 0 Å². The number of nitrogens with one attached hydrogen (secondary N) is 1. The Hall–Kier alpha value is -3.19. The largest absolute Gasteiger partial charge is 0.506 e. The van der Waals surface area contributed by atoms with Crippen LogP contribution in [0.4, 0.5) is 0 Å². The van der Waals surface area contributed by atoms with Crippen molar-refractivity contribution in [3.63, 3.8) is 0 Å². The third-order valence-corrected chi connectivity index (χ3v) is 4.63. The van der Waals surface area contributed by atoms with Crippen molar-refractivity contribution in [2.24, 2.45) is 4.99 Å². The Bertz CT molecular complexity index is 982. The number of aliphatic hydroxyl groups excluding tert-OH is 1. The molecule has 0 aromatic heterocycles. The molecule has 0 saturated heterocycles. The van der Waals surface area contributed by atoms with E-state index in [2.05, 4.69) is 10.3 Å². The zero-order valence-electron chi connectivity index (χ0n) is 15.6. The summed E-state index contributed by atoms with van der Waals surface area (Å²) in [5.74, 6) is 1.01. The van der Waals surface area contributed by atoms with Crippen molar-refractivity contribution in [1.82, 2.24) is 5.32 Å². The molecule has 0 fully saturated rings. The number of hydrogen-bond acceptors (Lipinski definition) is 5. The summed E-state index contributed by atoms with van der Waals surface area (Å²) < 4.78 is 10.5. The number of benzene rings is 2. The van der Waals surface area contributed by atoms with E-state index in [9.17, 15) is 9.90 Å². The molecule has 0 heterocycles. The van der Waals surface area contributed by atoms with Crippen LogP contribution in [0.1, 0.15) is 21.5 Å². The van der Waals surface area contributed by atoms with Crippen LogP contribution >= 0.6 is 12.2 Å². The summed E-state index contributed by atoms with van der Waals surface area (Å²) in [6.07, 6.45) is 2.01. The fourth-order valence-electron chi connectivity index (χ4n) is 2.92. The van der Waals surface area contributed by atoms with Gasteiger partial charge in [0.2, 0.25) is 0 Å². The molecular formula is C21H20N2O4S. The number of carbonyl (C=O) groups excluding carboxylic acids is 1. The summed E-state index contributed by atoms with van der Waals surface area (Å²) in [4.78, 5) is 16.4.